The van der Waals surface area contributed by atoms with Crippen molar-refractivity contribution in [2.45, 2.75) is 45.1 Å². The van der Waals surface area contributed by atoms with E-state index >= 15 is 0 Å². The topological polar surface area (TPSA) is 49.7 Å². The van der Waals surface area contributed by atoms with Crippen molar-refractivity contribution in [1.29, 1.82) is 0 Å². The molecule has 0 aromatic heterocycles. The Balaban J connectivity index is 1.86. The summed E-state index contributed by atoms with van der Waals surface area (Å²) in [6.45, 7) is 2.25. The van der Waals surface area contributed by atoms with Crippen LogP contribution in [-0.4, -0.2) is 23.3 Å². The van der Waals surface area contributed by atoms with Crippen LogP contribution in [0.5, 0.6) is 5.75 Å². The van der Waals surface area contributed by atoms with E-state index in [0.717, 1.165) is 24.5 Å². The first kappa shape index (κ1) is 13.4. The molecule has 3 nitrogen and oxygen atoms in total. The minimum Gasteiger partial charge on any atom is -0.490 e. The van der Waals surface area contributed by atoms with Gasteiger partial charge in [-0.25, -0.2) is 0 Å². The van der Waals surface area contributed by atoms with Crippen molar-refractivity contribution < 1.29 is 14.8 Å². The number of hydrogen-bond donors (Lipinski definition) is 2. The summed E-state index contributed by atoms with van der Waals surface area (Å²) in [5.74, 6) is 1.69. The summed E-state index contributed by atoms with van der Waals surface area (Å²) in [5, 5.41) is 18.0. The van der Waals surface area contributed by atoms with Crippen molar-refractivity contribution in [3.8, 4) is 5.75 Å². The Morgan fingerprint density at radius 3 is 2.22 bits per heavy atom. The molecule has 1 aromatic carbocycles. The smallest absolute Gasteiger partial charge is 0.488 e. The second kappa shape index (κ2) is 6.25. The van der Waals surface area contributed by atoms with Crippen molar-refractivity contribution in [1.82, 2.24) is 0 Å². The molecule has 98 valence electrons. The number of rotatable bonds is 4. The van der Waals surface area contributed by atoms with Crippen LogP contribution in [0.2, 0.25) is 0 Å². The van der Waals surface area contributed by atoms with Gasteiger partial charge < -0.3 is 14.8 Å². The molecule has 0 amide bonds. The van der Waals surface area contributed by atoms with Crippen LogP contribution in [-0.2, 0) is 0 Å². The zero-order valence-corrected chi connectivity index (χ0v) is 10.9. The Morgan fingerprint density at radius 1 is 1.11 bits per heavy atom. The Hall–Kier alpha value is -0.995. The second-order valence-corrected chi connectivity index (χ2v) is 5.11. The van der Waals surface area contributed by atoms with Gasteiger partial charge in [0.2, 0.25) is 0 Å². The van der Waals surface area contributed by atoms with Gasteiger partial charge in [-0.1, -0.05) is 25.5 Å². The summed E-state index contributed by atoms with van der Waals surface area (Å²) in [4.78, 5) is 0. The molecule has 0 spiro atoms. The summed E-state index contributed by atoms with van der Waals surface area (Å²) >= 11 is 0. The SMILES string of the molecule is CCC1CCC(Oc2ccc(B(O)O)cc2)CC1. The maximum absolute atomic E-state index is 9.01. The fourth-order valence-corrected chi connectivity index (χ4v) is 2.57. The summed E-state index contributed by atoms with van der Waals surface area (Å²) in [7, 11) is -1.40. The lowest BCUT2D eigenvalue weighted by Gasteiger charge is -2.28. The highest BCUT2D eigenvalue weighted by Crippen LogP contribution is 2.29. The largest absolute Gasteiger partial charge is 0.490 e. The van der Waals surface area contributed by atoms with Gasteiger partial charge in [0.15, 0.2) is 0 Å². The highest BCUT2D eigenvalue weighted by Gasteiger charge is 2.21. The molecule has 0 atom stereocenters. The van der Waals surface area contributed by atoms with Crippen LogP contribution in [0.25, 0.3) is 0 Å². The number of hydrogen-bond acceptors (Lipinski definition) is 3. The zero-order chi connectivity index (χ0) is 13.0. The predicted octanol–water partition coefficient (Wildman–Crippen LogP) is 1.71. The van der Waals surface area contributed by atoms with Crippen LogP contribution in [0.1, 0.15) is 39.0 Å². The van der Waals surface area contributed by atoms with Gasteiger partial charge in [0.05, 0.1) is 6.10 Å². The fraction of sp³-hybridized carbons (Fsp3) is 0.571. The average Bonchev–Trinajstić information content (AvgIpc) is 2.40. The Bertz CT molecular complexity index is 356. The third-order valence-electron chi connectivity index (χ3n) is 3.85. The van der Waals surface area contributed by atoms with Crippen LogP contribution in [0.15, 0.2) is 24.3 Å². The van der Waals surface area contributed by atoms with E-state index in [4.69, 9.17) is 14.8 Å². The summed E-state index contributed by atoms with van der Waals surface area (Å²) in [5.41, 5.74) is 0.497. The van der Waals surface area contributed by atoms with E-state index in [0.29, 0.717) is 11.6 Å². The summed E-state index contributed by atoms with van der Waals surface area (Å²) in [6, 6.07) is 7.00. The van der Waals surface area contributed by atoms with Gasteiger partial charge in [-0.2, -0.15) is 0 Å². The first-order valence-electron chi connectivity index (χ1n) is 6.81. The molecule has 0 bridgehead atoms. The molecular weight excluding hydrogens is 227 g/mol. The number of benzene rings is 1. The first-order valence-corrected chi connectivity index (χ1v) is 6.81. The molecule has 0 heterocycles. The molecule has 2 rings (SSSR count). The second-order valence-electron chi connectivity index (χ2n) is 5.11. The highest BCUT2D eigenvalue weighted by atomic mass is 16.5. The number of ether oxygens (including phenoxy) is 1. The van der Waals surface area contributed by atoms with Crippen molar-refractivity contribution in [2.24, 2.45) is 5.92 Å². The van der Waals surface area contributed by atoms with E-state index in [1.165, 1.54) is 19.3 Å². The van der Waals surface area contributed by atoms with E-state index in [1.807, 2.05) is 0 Å². The van der Waals surface area contributed by atoms with E-state index in [2.05, 4.69) is 6.92 Å². The van der Waals surface area contributed by atoms with Crippen molar-refractivity contribution >= 4 is 12.6 Å². The van der Waals surface area contributed by atoms with Gasteiger partial charge in [-0.3, -0.25) is 0 Å². The van der Waals surface area contributed by atoms with Gasteiger partial charge in [0, 0.05) is 0 Å². The maximum atomic E-state index is 9.01. The van der Waals surface area contributed by atoms with E-state index in [-0.39, 0.29) is 0 Å². The molecule has 0 radical (unpaired) electrons. The van der Waals surface area contributed by atoms with Crippen molar-refractivity contribution in [2.75, 3.05) is 0 Å². The fourth-order valence-electron chi connectivity index (χ4n) is 2.57. The van der Waals surface area contributed by atoms with Crippen LogP contribution in [0, 0.1) is 5.92 Å². The maximum Gasteiger partial charge on any atom is 0.488 e. The van der Waals surface area contributed by atoms with Gasteiger partial charge in [0.1, 0.15) is 5.75 Å². The normalized spacial score (nSPS) is 23.7. The lowest BCUT2D eigenvalue weighted by molar-refractivity contribution is 0.130. The van der Waals surface area contributed by atoms with Crippen LogP contribution >= 0.6 is 0 Å². The van der Waals surface area contributed by atoms with E-state index in [1.54, 1.807) is 24.3 Å². The summed E-state index contributed by atoms with van der Waals surface area (Å²) < 4.78 is 5.92. The van der Waals surface area contributed by atoms with Crippen LogP contribution in [0.3, 0.4) is 0 Å². The highest BCUT2D eigenvalue weighted by molar-refractivity contribution is 6.58. The molecule has 1 aromatic rings. The van der Waals surface area contributed by atoms with E-state index in [9.17, 15) is 0 Å². The Labute approximate surface area is 109 Å². The lowest BCUT2D eigenvalue weighted by Crippen LogP contribution is -2.29. The molecule has 18 heavy (non-hydrogen) atoms. The van der Waals surface area contributed by atoms with Crippen molar-refractivity contribution in [3.63, 3.8) is 0 Å². The van der Waals surface area contributed by atoms with Crippen molar-refractivity contribution in [3.05, 3.63) is 24.3 Å². The quantitative estimate of drug-likeness (QED) is 0.797. The molecule has 0 saturated heterocycles. The third-order valence-corrected chi connectivity index (χ3v) is 3.85. The standard InChI is InChI=1S/C14H21BO3/c1-2-11-3-7-13(8-4-11)18-14-9-5-12(6-10-14)15(16)17/h5-6,9-11,13,16-17H,2-4,7-8H2,1H3. The zero-order valence-electron chi connectivity index (χ0n) is 10.9. The van der Waals surface area contributed by atoms with E-state index < -0.39 is 7.12 Å². The molecule has 1 aliphatic carbocycles. The van der Waals surface area contributed by atoms with Gasteiger partial charge in [-0.15, -0.1) is 0 Å². The summed E-state index contributed by atoms with van der Waals surface area (Å²) in [6.07, 6.45) is 6.36. The third kappa shape index (κ3) is 3.50. The van der Waals surface area contributed by atoms with Gasteiger partial charge in [0.25, 0.3) is 0 Å². The molecule has 2 N–H and O–H groups in total. The predicted molar refractivity (Wildman–Crippen MR) is 72.9 cm³/mol. The molecule has 4 heteroatoms. The van der Waals surface area contributed by atoms with Gasteiger partial charge in [-0.05, 0) is 49.2 Å². The minimum atomic E-state index is -1.40. The molecule has 0 unspecified atom stereocenters. The monoisotopic (exact) mass is 248 g/mol. The molecule has 0 aliphatic heterocycles. The molecular formula is C14H21BO3. The molecule has 1 aliphatic rings. The Morgan fingerprint density at radius 2 is 1.72 bits per heavy atom. The van der Waals surface area contributed by atoms with Crippen LogP contribution < -0.4 is 10.2 Å². The molecule has 1 saturated carbocycles. The Kier molecular flexibility index (Phi) is 4.67. The van der Waals surface area contributed by atoms with Crippen LogP contribution in [0.4, 0.5) is 0 Å². The minimum absolute atomic E-state index is 0.317. The average molecular weight is 248 g/mol. The molecule has 1 fully saturated rings. The van der Waals surface area contributed by atoms with Gasteiger partial charge >= 0.3 is 7.12 Å². The lowest BCUT2D eigenvalue weighted by atomic mass is 9.80. The first-order chi connectivity index (χ1) is 8.69.